The van der Waals surface area contributed by atoms with Crippen LogP contribution in [0.25, 0.3) is 0 Å². The molecule has 0 spiro atoms. The van der Waals surface area contributed by atoms with Crippen molar-refractivity contribution < 1.29 is 9.47 Å². The van der Waals surface area contributed by atoms with Gasteiger partial charge in [-0.2, -0.15) is 0 Å². The molecule has 2 aliphatic rings. The fraction of sp³-hybridized carbons (Fsp3) is 1.00. The molecular weight excluding hydrogens is 204 g/mol. The van der Waals surface area contributed by atoms with Gasteiger partial charge in [0.2, 0.25) is 0 Å². The summed E-state index contributed by atoms with van der Waals surface area (Å²) in [5, 5.41) is 3.65. The van der Waals surface area contributed by atoms with Crippen LogP contribution < -0.4 is 5.32 Å². The summed E-state index contributed by atoms with van der Waals surface area (Å²) in [6, 6.07) is 0.688. The van der Waals surface area contributed by atoms with Crippen LogP contribution in [0.3, 0.4) is 0 Å². The van der Waals surface area contributed by atoms with Gasteiger partial charge in [-0.25, -0.2) is 0 Å². The summed E-state index contributed by atoms with van der Waals surface area (Å²) in [5.41, 5.74) is 0. The van der Waals surface area contributed by atoms with Crippen LogP contribution in [0, 0.1) is 5.92 Å². The Labute approximate surface area is 98.3 Å². The molecule has 94 valence electrons. The van der Waals surface area contributed by atoms with Gasteiger partial charge in [0.1, 0.15) is 0 Å². The highest BCUT2D eigenvalue weighted by Gasteiger charge is 2.33. The summed E-state index contributed by atoms with van der Waals surface area (Å²) in [7, 11) is 3.48. The fourth-order valence-electron chi connectivity index (χ4n) is 2.90. The number of piperidine rings is 1. The molecular formula is C12H24N2O2. The third-order valence-corrected chi connectivity index (χ3v) is 3.93. The van der Waals surface area contributed by atoms with Gasteiger partial charge < -0.3 is 19.7 Å². The highest BCUT2D eigenvalue weighted by molar-refractivity contribution is 4.91. The van der Waals surface area contributed by atoms with Crippen molar-refractivity contribution in [3.05, 3.63) is 0 Å². The Morgan fingerprint density at radius 1 is 1.31 bits per heavy atom. The zero-order chi connectivity index (χ0) is 11.4. The van der Waals surface area contributed by atoms with E-state index < -0.39 is 0 Å². The van der Waals surface area contributed by atoms with Crippen LogP contribution in [0.15, 0.2) is 0 Å². The van der Waals surface area contributed by atoms with Gasteiger partial charge in [0.25, 0.3) is 0 Å². The quantitative estimate of drug-likeness (QED) is 0.710. The maximum atomic E-state index is 5.36. The molecule has 2 heterocycles. The molecule has 2 saturated heterocycles. The van der Waals surface area contributed by atoms with Crippen molar-refractivity contribution in [1.29, 1.82) is 0 Å². The van der Waals surface area contributed by atoms with Crippen molar-refractivity contribution in [2.45, 2.75) is 25.0 Å². The number of ether oxygens (including phenoxy) is 2. The predicted octanol–water partition coefficient (Wildman–Crippen LogP) is 0.332. The minimum Gasteiger partial charge on any atom is -0.382 e. The summed E-state index contributed by atoms with van der Waals surface area (Å²) in [4.78, 5) is 2.58. The highest BCUT2D eigenvalue weighted by atomic mass is 16.5. The van der Waals surface area contributed by atoms with Gasteiger partial charge >= 0.3 is 0 Å². The molecule has 1 N–H and O–H groups in total. The topological polar surface area (TPSA) is 33.7 Å². The predicted molar refractivity (Wildman–Crippen MR) is 63.6 cm³/mol. The van der Waals surface area contributed by atoms with Gasteiger partial charge in [0.05, 0.1) is 12.7 Å². The first-order valence-corrected chi connectivity index (χ1v) is 6.31. The smallest absolute Gasteiger partial charge is 0.0928 e. The maximum absolute atomic E-state index is 5.36. The Balaban J connectivity index is 1.72. The lowest BCUT2D eigenvalue weighted by Crippen LogP contribution is -2.47. The summed E-state index contributed by atoms with van der Waals surface area (Å²) >= 11 is 0. The van der Waals surface area contributed by atoms with E-state index in [-0.39, 0.29) is 6.10 Å². The van der Waals surface area contributed by atoms with Gasteiger partial charge in [-0.1, -0.05) is 0 Å². The van der Waals surface area contributed by atoms with Gasteiger partial charge in [-0.3, -0.25) is 0 Å². The van der Waals surface area contributed by atoms with Crippen LogP contribution in [0.1, 0.15) is 12.8 Å². The van der Waals surface area contributed by atoms with Crippen LogP contribution in [-0.4, -0.2) is 64.1 Å². The summed E-state index contributed by atoms with van der Waals surface area (Å²) < 4.78 is 10.5. The van der Waals surface area contributed by atoms with Crippen LogP contribution in [0.5, 0.6) is 0 Å². The second-order valence-corrected chi connectivity index (χ2v) is 4.97. The molecule has 2 fully saturated rings. The van der Waals surface area contributed by atoms with E-state index in [0.717, 1.165) is 12.5 Å². The van der Waals surface area contributed by atoms with Crippen molar-refractivity contribution in [3.8, 4) is 0 Å². The monoisotopic (exact) mass is 228 g/mol. The van der Waals surface area contributed by atoms with Crippen LogP contribution in [0.4, 0.5) is 0 Å². The molecule has 4 atom stereocenters. The van der Waals surface area contributed by atoms with Crippen molar-refractivity contribution in [3.63, 3.8) is 0 Å². The van der Waals surface area contributed by atoms with E-state index in [1.807, 2.05) is 0 Å². The molecule has 0 aromatic heterocycles. The van der Waals surface area contributed by atoms with Crippen LogP contribution in [0.2, 0.25) is 0 Å². The van der Waals surface area contributed by atoms with Crippen molar-refractivity contribution in [1.82, 2.24) is 10.2 Å². The van der Waals surface area contributed by atoms with Crippen molar-refractivity contribution >= 4 is 0 Å². The zero-order valence-electron chi connectivity index (χ0n) is 10.4. The molecule has 16 heavy (non-hydrogen) atoms. The molecule has 2 rings (SSSR count). The van der Waals surface area contributed by atoms with Crippen LogP contribution >= 0.6 is 0 Å². The lowest BCUT2D eigenvalue weighted by molar-refractivity contribution is 0.0251. The number of methoxy groups -OCH3 is 2. The van der Waals surface area contributed by atoms with Gasteiger partial charge in [0, 0.05) is 33.4 Å². The van der Waals surface area contributed by atoms with E-state index in [1.165, 1.54) is 32.5 Å². The van der Waals surface area contributed by atoms with Crippen molar-refractivity contribution in [2.75, 3.05) is 47.0 Å². The molecule has 4 unspecified atom stereocenters. The zero-order valence-corrected chi connectivity index (χ0v) is 10.4. The molecule has 0 amide bonds. The average Bonchev–Trinajstić information content (AvgIpc) is 2.69. The van der Waals surface area contributed by atoms with Crippen LogP contribution in [-0.2, 0) is 9.47 Å². The third-order valence-electron chi connectivity index (χ3n) is 3.93. The minimum atomic E-state index is 0.185. The number of nitrogens with zero attached hydrogens (tertiary/aromatic N) is 1. The van der Waals surface area contributed by atoms with E-state index in [4.69, 9.17) is 9.47 Å². The van der Waals surface area contributed by atoms with E-state index in [9.17, 15) is 0 Å². The standard InChI is InChI=1S/C12H24N2O2/c1-15-9-11(16-2)7-13-12-4-6-14-5-3-10(12)8-14/h10-13H,3-9H2,1-2H3. The van der Waals surface area contributed by atoms with Gasteiger partial charge in [-0.05, 0) is 31.8 Å². The first-order valence-electron chi connectivity index (χ1n) is 6.31. The van der Waals surface area contributed by atoms with E-state index in [1.54, 1.807) is 14.2 Å². The fourth-order valence-corrected chi connectivity index (χ4v) is 2.90. The Bertz CT molecular complexity index is 213. The normalized spacial score (nSPS) is 35.2. The number of hydrogen-bond donors (Lipinski definition) is 1. The number of hydrogen-bond acceptors (Lipinski definition) is 4. The Kier molecular flexibility index (Phi) is 4.58. The van der Waals surface area contributed by atoms with Gasteiger partial charge in [0.15, 0.2) is 0 Å². The molecule has 0 radical (unpaired) electrons. The van der Waals surface area contributed by atoms with Gasteiger partial charge in [-0.15, -0.1) is 0 Å². The molecule has 2 bridgehead atoms. The summed E-state index contributed by atoms with van der Waals surface area (Å²) in [6.07, 6.45) is 2.83. The summed E-state index contributed by atoms with van der Waals surface area (Å²) in [6.45, 7) is 5.43. The highest BCUT2D eigenvalue weighted by Crippen LogP contribution is 2.26. The second kappa shape index (κ2) is 5.96. The lowest BCUT2D eigenvalue weighted by Gasteiger charge is -2.32. The SMILES string of the molecule is COCC(CNC1CCN2CCC1C2)OC. The molecule has 0 aromatic rings. The van der Waals surface area contributed by atoms with Crippen molar-refractivity contribution in [2.24, 2.45) is 5.92 Å². The number of nitrogens with one attached hydrogen (secondary N) is 1. The molecule has 4 heteroatoms. The molecule has 2 aliphatic heterocycles. The van der Waals surface area contributed by atoms with E-state index in [2.05, 4.69) is 10.2 Å². The third kappa shape index (κ3) is 2.94. The molecule has 0 aromatic carbocycles. The Morgan fingerprint density at radius 3 is 2.88 bits per heavy atom. The molecule has 4 nitrogen and oxygen atoms in total. The Hall–Kier alpha value is -0.160. The summed E-state index contributed by atoms with van der Waals surface area (Å²) in [5.74, 6) is 0.855. The van der Waals surface area contributed by atoms with E-state index >= 15 is 0 Å². The Morgan fingerprint density at radius 2 is 2.12 bits per heavy atom. The first kappa shape index (κ1) is 12.3. The minimum absolute atomic E-state index is 0.185. The maximum Gasteiger partial charge on any atom is 0.0928 e. The first-order chi connectivity index (χ1) is 7.83. The average molecular weight is 228 g/mol. The molecule has 0 aliphatic carbocycles. The lowest BCUT2D eigenvalue weighted by atomic mass is 9.94. The second-order valence-electron chi connectivity index (χ2n) is 4.97. The molecule has 0 saturated carbocycles. The van der Waals surface area contributed by atoms with E-state index in [0.29, 0.717) is 12.6 Å². The number of fused-ring (bicyclic) bond motifs is 2. The largest absolute Gasteiger partial charge is 0.382 e. The number of rotatable bonds is 6.